The standard InChI is InChI=1S/C46H28N4O2/c1-2-8-38-37(7-1)47-43(33-21-13-29(14-22-33)31-17-25-35(26-18-31)45-49-39-9-3-5-11-41(39)51-45)44(48-38)34-23-15-30(16-24-34)32-19-27-36(28-20-32)46-50-40-10-4-6-12-42(40)52-46/h1-28H. The van der Waals surface area contributed by atoms with Crippen molar-refractivity contribution in [3.8, 4) is 67.7 Å². The van der Waals surface area contributed by atoms with Crippen molar-refractivity contribution in [2.45, 2.75) is 0 Å². The highest BCUT2D eigenvalue weighted by Gasteiger charge is 2.15. The van der Waals surface area contributed by atoms with Gasteiger partial charge in [0.2, 0.25) is 11.8 Å². The molecule has 0 atom stereocenters. The van der Waals surface area contributed by atoms with Gasteiger partial charge in [-0.05, 0) is 82.9 Å². The predicted molar refractivity (Wildman–Crippen MR) is 207 cm³/mol. The van der Waals surface area contributed by atoms with Gasteiger partial charge in [0, 0.05) is 22.3 Å². The number of nitrogens with zero attached hydrogens (tertiary/aromatic N) is 4. The SMILES string of the molecule is c1ccc2nc(-c3ccc(-c4ccc(-c5nc6ccccc6o5)cc4)cc3)c(-c3ccc(-c4ccc(-c5nc6ccccc6o5)cc4)cc3)nc2c1. The smallest absolute Gasteiger partial charge is 0.227 e. The summed E-state index contributed by atoms with van der Waals surface area (Å²) < 4.78 is 11.9. The molecule has 0 aliphatic heterocycles. The third-order valence-electron chi connectivity index (χ3n) is 9.41. The predicted octanol–water partition coefficient (Wildman–Crippen LogP) is 11.9. The molecule has 244 valence electrons. The second-order valence-corrected chi connectivity index (χ2v) is 12.7. The van der Waals surface area contributed by atoms with Crippen LogP contribution in [0, 0.1) is 0 Å². The Morgan fingerprint density at radius 1 is 0.250 bits per heavy atom. The molecule has 7 aromatic carbocycles. The first kappa shape index (κ1) is 29.7. The summed E-state index contributed by atoms with van der Waals surface area (Å²) in [4.78, 5) is 19.5. The van der Waals surface area contributed by atoms with E-state index in [1.807, 2.05) is 72.8 Å². The van der Waals surface area contributed by atoms with Crippen molar-refractivity contribution in [1.82, 2.24) is 19.9 Å². The van der Waals surface area contributed by atoms with Crippen molar-refractivity contribution >= 4 is 33.2 Å². The molecule has 6 heteroatoms. The van der Waals surface area contributed by atoms with Gasteiger partial charge in [0.1, 0.15) is 11.0 Å². The van der Waals surface area contributed by atoms with Gasteiger partial charge in [-0.2, -0.15) is 0 Å². The fourth-order valence-corrected chi connectivity index (χ4v) is 6.65. The van der Waals surface area contributed by atoms with Crippen LogP contribution in [0.5, 0.6) is 0 Å². The highest BCUT2D eigenvalue weighted by atomic mass is 16.4. The average molecular weight is 669 g/mol. The molecule has 52 heavy (non-hydrogen) atoms. The molecule has 0 spiro atoms. The molecule has 0 aliphatic carbocycles. The third kappa shape index (κ3) is 5.39. The lowest BCUT2D eigenvalue weighted by atomic mass is 9.97. The Labute approximate surface area is 298 Å². The van der Waals surface area contributed by atoms with Crippen molar-refractivity contribution in [2.24, 2.45) is 0 Å². The molecule has 6 nitrogen and oxygen atoms in total. The minimum absolute atomic E-state index is 0.618. The number of benzene rings is 7. The minimum atomic E-state index is 0.618. The third-order valence-corrected chi connectivity index (χ3v) is 9.41. The molecule has 0 N–H and O–H groups in total. The van der Waals surface area contributed by atoms with Gasteiger partial charge in [0.05, 0.1) is 22.4 Å². The minimum Gasteiger partial charge on any atom is -0.436 e. The van der Waals surface area contributed by atoms with Gasteiger partial charge >= 0.3 is 0 Å². The molecular weight excluding hydrogens is 641 g/mol. The lowest BCUT2D eigenvalue weighted by Gasteiger charge is -2.12. The Morgan fingerprint density at radius 2 is 0.538 bits per heavy atom. The fraction of sp³-hybridized carbons (Fsp3) is 0. The maximum absolute atomic E-state index is 5.97. The number of rotatable bonds is 6. The molecule has 0 amide bonds. The van der Waals surface area contributed by atoms with E-state index in [1.165, 1.54) is 0 Å². The first-order valence-corrected chi connectivity index (χ1v) is 17.1. The van der Waals surface area contributed by atoms with E-state index >= 15 is 0 Å². The fourth-order valence-electron chi connectivity index (χ4n) is 6.65. The van der Waals surface area contributed by atoms with Crippen LogP contribution in [0.2, 0.25) is 0 Å². The Bertz CT molecular complexity index is 2610. The summed E-state index contributed by atoms with van der Waals surface area (Å²) in [6.45, 7) is 0. The van der Waals surface area contributed by atoms with Gasteiger partial charge in [-0.1, -0.05) is 109 Å². The maximum atomic E-state index is 5.97. The van der Waals surface area contributed by atoms with Gasteiger partial charge in [0.25, 0.3) is 0 Å². The zero-order valence-electron chi connectivity index (χ0n) is 27.8. The Morgan fingerprint density at radius 3 is 0.885 bits per heavy atom. The van der Waals surface area contributed by atoms with Gasteiger partial charge in [-0.15, -0.1) is 0 Å². The van der Waals surface area contributed by atoms with Crippen LogP contribution in [0.1, 0.15) is 0 Å². The highest BCUT2D eigenvalue weighted by molar-refractivity contribution is 5.87. The van der Waals surface area contributed by atoms with Crippen molar-refractivity contribution in [2.75, 3.05) is 0 Å². The molecule has 0 saturated carbocycles. The van der Waals surface area contributed by atoms with E-state index in [4.69, 9.17) is 18.8 Å². The van der Waals surface area contributed by atoms with Crippen LogP contribution < -0.4 is 0 Å². The number of aromatic nitrogens is 4. The first-order chi connectivity index (χ1) is 25.7. The lowest BCUT2D eigenvalue weighted by Crippen LogP contribution is -1.95. The maximum Gasteiger partial charge on any atom is 0.227 e. The van der Waals surface area contributed by atoms with Crippen LogP contribution >= 0.6 is 0 Å². The van der Waals surface area contributed by atoms with Crippen LogP contribution in [-0.4, -0.2) is 19.9 Å². The van der Waals surface area contributed by atoms with Crippen LogP contribution in [0.3, 0.4) is 0 Å². The molecule has 0 aliphatic rings. The van der Waals surface area contributed by atoms with Crippen LogP contribution in [0.15, 0.2) is 179 Å². The van der Waals surface area contributed by atoms with E-state index in [0.29, 0.717) is 11.8 Å². The largest absolute Gasteiger partial charge is 0.436 e. The molecule has 0 saturated heterocycles. The summed E-state index contributed by atoms with van der Waals surface area (Å²) in [7, 11) is 0. The second-order valence-electron chi connectivity index (χ2n) is 12.7. The van der Waals surface area contributed by atoms with E-state index in [1.54, 1.807) is 0 Å². The summed E-state index contributed by atoms with van der Waals surface area (Å²) in [5, 5.41) is 0. The Balaban J connectivity index is 0.939. The van der Waals surface area contributed by atoms with Crippen LogP contribution in [0.25, 0.3) is 101 Å². The zero-order valence-corrected chi connectivity index (χ0v) is 27.8. The summed E-state index contributed by atoms with van der Waals surface area (Å²) in [5.41, 5.74) is 15.0. The summed E-state index contributed by atoms with van der Waals surface area (Å²) in [5.74, 6) is 1.24. The summed E-state index contributed by atoms with van der Waals surface area (Å²) >= 11 is 0. The quantitative estimate of drug-likeness (QED) is 0.175. The molecule has 0 radical (unpaired) electrons. The number of hydrogen-bond donors (Lipinski definition) is 0. The van der Waals surface area contributed by atoms with Crippen LogP contribution in [0.4, 0.5) is 0 Å². The lowest BCUT2D eigenvalue weighted by molar-refractivity contribution is 0.619. The molecule has 3 heterocycles. The van der Waals surface area contributed by atoms with Crippen molar-refractivity contribution in [3.63, 3.8) is 0 Å². The van der Waals surface area contributed by atoms with Crippen molar-refractivity contribution in [3.05, 3.63) is 170 Å². The highest BCUT2D eigenvalue weighted by Crippen LogP contribution is 2.35. The Hall–Kier alpha value is -7.18. The number of hydrogen-bond acceptors (Lipinski definition) is 6. The van der Waals surface area contributed by atoms with Crippen LogP contribution in [-0.2, 0) is 0 Å². The van der Waals surface area contributed by atoms with E-state index in [-0.39, 0.29) is 0 Å². The van der Waals surface area contributed by atoms with E-state index in [0.717, 1.165) is 89.1 Å². The molecule has 0 fully saturated rings. The topological polar surface area (TPSA) is 77.8 Å². The summed E-state index contributed by atoms with van der Waals surface area (Å²) in [6.07, 6.45) is 0. The van der Waals surface area contributed by atoms with Crippen molar-refractivity contribution < 1.29 is 8.83 Å². The van der Waals surface area contributed by atoms with Crippen molar-refractivity contribution in [1.29, 1.82) is 0 Å². The monoisotopic (exact) mass is 668 g/mol. The molecule has 0 unspecified atom stereocenters. The van der Waals surface area contributed by atoms with Gasteiger partial charge in [0.15, 0.2) is 11.2 Å². The van der Waals surface area contributed by atoms with E-state index in [9.17, 15) is 0 Å². The number of para-hydroxylation sites is 6. The second kappa shape index (κ2) is 12.3. The first-order valence-electron chi connectivity index (χ1n) is 17.1. The number of fused-ring (bicyclic) bond motifs is 3. The van der Waals surface area contributed by atoms with Gasteiger partial charge in [-0.3, -0.25) is 0 Å². The van der Waals surface area contributed by atoms with Gasteiger partial charge < -0.3 is 8.83 Å². The molecule has 3 aromatic heterocycles. The molecule has 10 aromatic rings. The zero-order chi connectivity index (χ0) is 34.4. The number of oxazole rings is 2. The summed E-state index contributed by atoms with van der Waals surface area (Å²) in [6, 6.07) is 57.3. The average Bonchev–Trinajstić information content (AvgIpc) is 3.86. The molecule has 0 bridgehead atoms. The molecule has 10 rings (SSSR count). The van der Waals surface area contributed by atoms with Gasteiger partial charge in [-0.25, -0.2) is 19.9 Å². The van der Waals surface area contributed by atoms with E-state index < -0.39 is 0 Å². The van der Waals surface area contributed by atoms with E-state index in [2.05, 4.69) is 107 Å². The molecular formula is C46H28N4O2. The Kier molecular flexibility index (Phi) is 7.03. The normalized spacial score (nSPS) is 11.5.